The van der Waals surface area contributed by atoms with Gasteiger partial charge in [0.15, 0.2) is 0 Å². The number of aliphatic hydroxyl groups excluding tert-OH is 2. The summed E-state index contributed by atoms with van der Waals surface area (Å²) >= 11 is 0. The van der Waals surface area contributed by atoms with Crippen LogP contribution in [0.15, 0.2) is 0 Å². The van der Waals surface area contributed by atoms with Crippen molar-refractivity contribution in [2.45, 2.75) is 173 Å². The van der Waals surface area contributed by atoms with Crippen molar-refractivity contribution in [1.82, 2.24) is 9.96 Å². The highest BCUT2D eigenvalue weighted by molar-refractivity contribution is 6.01. The number of hydrogen-bond donors (Lipinski definition) is 3. The zero-order valence-electron chi connectivity index (χ0n) is 26.9. The molecule has 0 unspecified atom stereocenters. The molecule has 246 valence electrons. The van der Waals surface area contributed by atoms with Crippen molar-refractivity contribution < 1.29 is 29.4 Å². The Morgan fingerprint density at radius 1 is 0.714 bits per heavy atom. The van der Waals surface area contributed by atoms with Crippen LogP contribution in [0.4, 0.5) is 0 Å². The van der Waals surface area contributed by atoms with Crippen LogP contribution in [0, 0.1) is 0 Å². The Morgan fingerprint density at radius 3 is 1.57 bits per heavy atom. The first kappa shape index (κ1) is 38.5. The van der Waals surface area contributed by atoms with E-state index in [1.165, 1.54) is 70.6 Å². The second-order valence-corrected chi connectivity index (χ2v) is 12.3. The number of hydroxylamine groups is 2. The minimum absolute atomic E-state index is 0.0485. The maximum Gasteiger partial charge on any atom is 0.349 e. The van der Waals surface area contributed by atoms with Crippen molar-refractivity contribution in [2.75, 3.05) is 19.6 Å². The smallest absolute Gasteiger partial charge is 0.349 e. The molecular formula is C33H63N3O6. The van der Waals surface area contributed by atoms with Gasteiger partial charge in [-0.05, 0) is 32.2 Å². The molecule has 0 aromatic carbocycles. The van der Waals surface area contributed by atoms with E-state index in [1.807, 2.05) is 0 Å². The molecule has 1 aliphatic rings. The standard InChI is InChI=1S/C33H63N3O6/c1-3-5-7-9-11-13-15-17-21-29(38)27-35(26-28(37)20-16-14-12-10-8-6-4-2)25-19-18-22-30(34)33(41)42-36-31(39)23-24-32(36)40/h28-30,37-38H,3-27,34H2,1-2H3/t28-,29-,30+/m0/s1. The number of aliphatic hydroxyl groups is 2. The van der Waals surface area contributed by atoms with E-state index in [2.05, 4.69) is 18.7 Å². The average Bonchev–Trinajstić information content (AvgIpc) is 3.28. The van der Waals surface area contributed by atoms with Crippen LogP contribution in [0.1, 0.15) is 155 Å². The van der Waals surface area contributed by atoms with Gasteiger partial charge in [0.05, 0.1) is 12.2 Å². The Balaban J connectivity index is 2.41. The fourth-order valence-corrected chi connectivity index (χ4v) is 5.52. The lowest BCUT2D eigenvalue weighted by molar-refractivity contribution is -0.198. The second kappa shape index (κ2) is 24.8. The van der Waals surface area contributed by atoms with E-state index in [-0.39, 0.29) is 12.8 Å². The number of hydrogen-bond acceptors (Lipinski definition) is 8. The van der Waals surface area contributed by atoms with Gasteiger partial charge in [0.2, 0.25) is 0 Å². The third-order valence-corrected chi connectivity index (χ3v) is 8.20. The van der Waals surface area contributed by atoms with Gasteiger partial charge in [0.1, 0.15) is 6.04 Å². The summed E-state index contributed by atoms with van der Waals surface area (Å²) in [5, 5.41) is 22.0. The number of rotatable bonds is 28. The van der Waals surface area contributed by atoms with Gasteiger partial charge in [-0.15, -0.1) is 5.06 Å². The first-order valence-electron chi connectivity index (χ1n) is 17.2. The van der Waals surface area contributed by atoms with E-state index < -0.39 is 36.0 Å². The average molecular weight is 598 g/mol. The molecule has 3 atom stereocenters. The quantitative estimate of drug-likeness (QED) is 0.0763. The molecular weight excluding hydrogens is 534 g/mol. The van der Waals surface area contributed by atoms with E-state index in [0.717, 1.165) is 44.9 Å². The zero-order valence-corrected chi connectivity index (χ0v) is 26.9. The molecule has 0 bridgehead atoms. The highest BCUT2D eigenvalue weighted by Gasteiger charge is 2.34. The lowest BCUT2D eigenvalue weighted by Crippen LogP contribution is -2.40. The van der Waals surface area contributed by atoms with Crippen LogP contribution < -0.4 is 5.73 Å². The molecule has 0 aromatic heterocycles. The molecule has 9 nitrogen and oxygen atoms in total. The van der Waals surface area contributed by atoms with Gasteiger partial charge in [0.25, 0.3) is 11.8 Å². The topological polar surface area (TPSA) is 133 Å². The molecule has 0 aliphatic carbocycles. The first-order chi connectivity index (χ1) is 20.3. The number of unbranched alkanes of at least 4 members (excludes halogenated alkanes) is 14. The van der Waals surface area contributed by atoms with E-state index in [0.29, 0.717) is 37.5 Å². The van der Waals surface area contributed by atoms with Gasteiger partial charge < -0.3 is 20.8 Å². The third kappa shape index (κ3) is 18.9. The number of carbonyl (C=O) groups is 3. The van der Waals surface area contributed by atoms with Gasteiger partial charge in [-0.1, -0.05) is 117 Å². The summed E-state index contributed by atoms with van der Waals surface area (Å²) in [5.74, 6) is -1.81. The molecule has 1 heterocycles. The molecule has 0 aromatic rings. The van der Waals surface area contributed by atoms with E-state index >= 15 is 0 Å². The fraction of sp³-hybridized carbons (Fsp3) is 0.909. The lowest BCUT2D eigenvalue weighted by atomic mass is 10.0. The van der Waals surface area contributed by atoms with Crippen LogP contribution in [0.2, 0.25) is 0 Å². The molecule has 9 heteroatoms. The second-order valence-electron chi connectivity index (χ2n) is 12.3. The molecule has 1 aliphatic heterocycles. The molecule has 0 spiro atoms. The Labute approximate surface area is 255 Å². The van der Waals surface area contributed by atoms with Crippen molar-refractivity contribution in [1.29, 1.82) is 0 Å². The van der Waals surface area contributed by atoms with Crippen molar-refractivity contribution in [3.05, 3.63) is 0 Å². The SMILES string of the molecule is CCCCCCCCCC[C@H](O)CN(CCCC[C@@H](N)C(=O)ON1C(=O)CCC1=O)C[C@@H](O)CCCCCCCCC. The van der Waals surface area contributed by atoms with Crippen molar-refractivity contribution >= 4 is 17.8 Å². The Hall–Kier alpha value is -1.55. The lowest BCUT2D eigenvalue weighted by Gasteiger charge is -2.27. The predicted octanol–water partition coefficient (Wildman–Crippen LogP) is 5.79. The predicted molar refractivity (Wildman–Crippen MR) is 167 cm³/mol. The fourth-order valence-electron chi connectivity index (χ4n) is 5.52. The monoisotopic (exact) mass is 597 g/mol. The van der Waals surface area contributed by atoms with E-state index in [9.17, 15) is 24.6 Å². The van der Waals surface area contributed by atoms with Crippen LogP contribution in [0.25, 0.3) is 0 Å². The minimum Gasteiger partial charge on any atom is -0.392 e. The molecule has 1 fully saturated rings. The number of imide groups is 1. The van der Waals surface area contributed by atoms with Crippen LogP contribution >= 0.6 is 0 Å². The van der Waals surface area contributed by atoms with Crippen LogP contribution in [0.5, 0.6) is 0 Å². The van der Waals surface area contributed by atoms with Crippen LogP contribution in [-0.4, -0.2) is 75.8 Å². The molecule has 2 amide bonds. The summed E-state index contributed by atoms with van der Waals surface area (Å²) < 4.78 is 0. The highest BCUT2D eigenvalue weighted by atomic mass is 16.7. The summed E-state index contributed by atoms with van der Waals surface area (Å²) in [6.45, 7) is 6.19. The Bertz CT molecular complexity index is 706. The van der Waals surface area contributed by atoms with Crippen molar-refractivity contribution in [2.24, 2.45) is 5.73 Å². The van der Waals surface area contributed by atoms with Gasteiger partial charge in [-0.2, -0.15) is 0 Å². The molecule has 42 heavy (non-hydrogen) atoms. The molecule has 1 rings (SSSR count). The third-order valence-electron chi connectivity index (χ3n) is 8.20. The van der Waals surface area contributed by atoms with Crippen LogP contribution in [-0.2, 0) is 19.2 Å². The van der Waals surface area contributed by atoms with Crippen molar-refractivity contribution in [3.8, 4) is 0 Å². The summed E-state index contributed by atoms with van der Waals surface area (Å²) in [6, 6.07) is -0.921. The number of nitrogens with zero attached hydrogens (tertiary/aromatic N) is 2. The highest BCUT2D eigenvalue weighted by Crippen LogP contribution is 2.16. The summed E-state index contributed by atoms with van der Waals surface area (Å²) in [6.07, 6.45) is 20.9. The molecule has 4 N–H and O–H groups in total. The van der Waals surface area contributed by atoms with E-state index in [4.69, 9.17) is 10.6 Å². The van der Waals surface area contributed by atoms with Gasteiger partial charge in [-0.3, -0.25) is 14.5 Å². The number of carbonyl (C=O) groups excluding carboxylic acids is 3. The summed E-state index contributed by atoms with van der Waals surface area (Å²) in [7, 11) is 0. The normalized spacial score (nSPS) is 15.9. The first-order valence-corrected chi connectivity index (χ1v) is 17.2. The van der Waals surface area contributed by atoms with Gasteiger partial charge in [-0.25, -0.2) is 4.79 Å². The maximum atomic E-state index is 12.3. The van der Waals surface area contributed by atoms with E-state index in [1.54, 1.807) is 0 Å². The molecule has 1 saturated heterocycles. The van der Waals surface area contributed by atoms with Crippen LogP contribution in [0.3, 0.4) is 0 Å². The zero-order chi connectivity index (χ0) is 31.0. The largest absolute Gasteiger partial charge is 0.392 e. The Kier molecular flexibility index (Phi) is 22.8. The summed E-state index contributed by atoms with van der Waals surface area (Å²) in [5.41, 5.74) is 5.97. The van der Waals surface area contributed by atoms with Crippen molar-refractivity contribution in [3.63, 3.8) is 0 Å². The maximum absolute atomic E-state index is 12.3. The molecule has 0 radical (unpaired) electrons. The van der Waals surface area contributed by atoms with Gasteiger partial charge >= 0.3 is 5.97 Å². The Morgan fingerprint density at radius 2 is 1.12 bits per heavy atom. The number of amides is 2. The van der Waals surface area contributed by atoms with Gasteiger partial charge in [0, 0.05) is 25.9 Å². The summed E-state index contributed by atoms with van der Waals surface area (Å²) in [4.78, 5) is 42.7. The number of nitrogens with two attached hydrogens (primary N) is 1. The molecule has 0 saturated carbocycles. The minimum atomic E-state index is -0.921.